The SMILES string of the molecule is CC(C)(C)OC(=O)N1CCN(C(=S)CC(=O)C2CCC2)CC1. The molecular weight excluding hydrogens is 300 g/mol. The number of carbonyl (C=O) groups is 2. The Morgan fingerprint density at radius 1 is 1.09 bits per heavy atom. The molecule has 5 nitrogen and oxygen atoms in total. The van der Waals surface area contributed by atoms with Crippen molar-refractivity contribution in [2.45, 2.75) is 52.1 Å². The van der Waals surface area contributed by atoms with E-state index >= 15 is 0 Å². The number of nitrogens with zero attached hydrogens (tertiary/aromatic N) is 2. The molecule has 1 heterocycles. The molecule has 6 heteroatoms. The molecule has 2 aliphatic rings. The summed E-state index contributed by atoms with van der Waals surface area (Å²) >= 11 is 5.40. The molecule has 1 amide bonds. The van der Waals surface area contributed by atoms with E-state index in [1.165, 1.54) is 0 Å². The molecule has 0 bridgehead atoms. The van der Waals surface area contributed by atoms with Gasteiger partial charge in [-0.15, -0.1) is 0 Å². The third kappa shape index (κ3) is 4.66. The van der Waals surface area contributed by atoms with Gasteiger partial charge in [0.05, 0.1) is 11.4 Å². The molecule has 0 N–H and O–H groups in total. The molecule has 0 aromatic carbocycles. The van der Waals surface area contributed by atoms with E-state index in [0.29, 0.717) is 32.6 Å². The van der Waals surface area contributed by atoms with Crippen molar-refractivity contribution in [2.24, 2.45) is 5.92 Å². The molecule has 0 spiro atoms. The highest BCUT2D eigenvalue weighted by atomic mass is 32.1. The number of piperazine rings is 1. The van der Waals surface area contributed by atoms with E-state index in [1.54, 1.807) is 4.90 Å². The number of ketones is 1. The van der Waals surface area contributed by atoms with Crippen molar-refractivity contribution in [3.8, 4) is 0 Å². The van der Waals surface area contributed by atoms with Crippen molar-refractivity contribution in [1.82, 2.24) is 9.80 Å². The summed E-state index contributed by atoms with van der Waals surface area (Å²) in [5, 5.41) is 0. The van der Waals surface area contributed by atoms with Crippen LogP contribution in [0.4, 0.5) is 4.79 Å². The molecule has 0 aromatic heterocycles. The first-order chi connectivity index (χ1) is 10.3. The lowest BCUT2D eigenvalue weighted by Crippen LogP contribution is -2.51. The fourth-order valence-electron chi connectivity index (χ4n) is 2.60. The van der Waals surface area contributed by atoms with Gasteiger partial charge in [0.15, 0.2) is 0 Å². The molecule has 1 aliphatic carbocycles. The third-order valence-corrected chi connectivity index (χ3v) is 4.57. The van der Waals surface area contributed by atoms with Gasteiger partial charge < -0.3 is 14.5 Å². The fourth-order valence-corrected chi connectivity index (χ4v) is 2.93. The Balaban J connectivity index is 1.75. The molecule has 0 aromatic rings. The molecule has 0 unspecified atom stereocenters. The summed E-state index contributed by atoms with van der Waals surface area (Å²) in [5.74, 6) is 0.520. The van der Waals surface area contributed by atoms with Crippen LogP contribution in [0.1, 0.15) is 46.5 Å². The highest BCUT2D eigenvalue weighted by Crippen LogP contribution is 2.28. The topological polar surface area (TPSA) is 49.9 Å². The summed E-state index contributed by atoms with van der Waals surface area (Å²) in [6, 6.07) is 0. The number of amides is 1. The Morgan fingerprint density at radius 2 is 1.64 bits per heavy atom. The lowest BCUT2D eigenvalue weighted by molar-refractivity contribution is -0.124. The summed E-state index contributed by atoms with van der Waals surface area (Å²) < 4.78 is 5.37. The molecule has 1 aliphatic heterocycles. The molecule has 1 saturated heterocycles. The monoisotopic (exact) mass is 326 g/mol. The van der Waals surface area contributed by atoms with Crippen molar-refractivity contribution in [3.05, 3.63) is 0 Å². The quantitative estimate of drug-likeness (QED) is 0.746. The normalized spacial score (nSPS) is 19.6. The van der Waals surface area contributed by atoms with Gasteiger partial charge in [-0.1, -0.05) is 18.6 Å². The van der Waals surface area contributed by atoms with Gasteiger partial charge in [0, 0.05) is 32.1 Å². The summed E-state index contributed by atoms with van der Waals surface area (Å²) in [6.07, 6.45) is 3.31. The van der Waals surface area contributed by atoms with Gasteiger partial charge in [-0.05, 0) is 33.6 Å². The van der Waals surface area contributed by atoms with Gasteiger partial charge in [-0.25, -0.2) is 4.79 Å². The van der Waals surface area contributed by atoms with Gasteiger partial charge >= 0.3 is 6.09 Å². The molecule has 0 radical (unpaired) electrons. The first-order valence-corrected chi connectivity index (χ1v) is 8.45. The zero-order chi connectivity index (χ0) is 16.3. The number of Topliss-reactive ketones (excluding diaryl/α,β-unsaturated/α-hetero) is 1. The maximum absolute atomic E-state index is 12.0. The number of hydrogen-bond donors (Lipinski definition) is 0. The average molecular weight is 326 g/mol. The molecule has 124 valence electrons. The van der Waals surface area contributed by atoms with E-state index in [1.807, 2.05) is 25.7 Å². The zero-order valence-electron chi connectivity index (χ0n) is 13.8. The van der Waals surface area contributed by atoms with E-state index < -0.39 is 5.60 Å². The van der Waals surface area contributed by atoms with Gasteiger partial charge in [0.2, 0.25) is 0 Å². The Morgan fingerprint density at radius 3 is 2.09 bits per heavy atom. The second-order valence-corrected chi connectivity index (χ2v) is 7.59. The van der Waals surface area contributed by atoms with E-state index in [2.05, 4.69) is 0 Å². The van der Waals surface area contributed by atoms with Gasteiger partial charge in [-0.2, -0.15) is 0 Å². The summed E-state index contributed by atoms with van der Waals surface area (Å²) in [5.41, 5.74) is -0.474. The van der Waals surface area contributed by atoms with Crippen LogP contribution < -0.4 is 0 Å². The van der Waals surface area contributed by atoms with Crippen LogP contribution in [0.3, 0.4) is 0 Å². The van der Waals surface area contributed by atoms with Crippen LogP contribution in [0, 0.1) is 5.92 Å². The van der Waals surface area contributed by atoms with Gasteiger partial charge in [0.1, 0.15) is 11.4 Å². The van der Waals surface area contributed by atoms with Crippen molar-refractivity contribution < 1.29 is 14.3 Å². The molecule has 22 heavy (non-hydrogen) atoms. The largest absolute Gasteiger partial charge is 0.444 e. The minimum Gasteiger partial charge on any atom is -0.444 e. The molecule has 0 atom stereocenters. The average Bonchev–Trinajstić information content (AvgIpc) is 2.34. The predicted molar refractivity (Wildman–Crippen MR) is 88.9 cm³/mol. The maximum atomic E-state index is 12.0. The van der Waals surface area contributed by atoms with Crippen LogP contribution in [0.5, 0.6) is 0 Å². The Labute approximate surface area is 138 Å². The predicted octanol–water partition coefficient (Wildman–Crippen LogP) is 2.63. The number of hydrogen-bond acceptors (Lipinski definition) is 4. The highest BCUT2D eigenvalue weighted by molar-refractivity contribution is 7.80. The van der Waals surface area contributed by atoms with Crippen molar-refractivity contribution in [3.63, 3.8) is 0 Å². The van der Waals surface area contributed by atoms with E-state index in [4.69, 9.17) is 17.0 Å². The van der Waals surface area contributed by atoms with Crippen molar-refractivity contribution in [1.29, 1.82) is 0 Å². The highest BCUT2D eigenvalue weighted by Gasteiger charge is 2.29. The first-order valence-electron chi connectivity index (χ1n) is 8.05. The zero-order valence-corrected chi connectivity index (χ0v) is 14.6. The minimum atomic E-state index is -0.474. The molecule has 2 rings (SSSR count). The summed E-state index contributed by atoms with van der Waals surface area (Å²) in [7, 11) is 0. The van der Waals surface area contributed by atoms with Crippen molar-refractivity contribution in [2.75, 3.05) is 26.2 Å². The number of thiocarbonyl (C=S) groups is 1. The van der Waals surface area contributed by atoms with Crippen molar-refractivity contribution >= 4 is 29.1 Å². The lowest BCUT2D eigenvalue weighted by atomic mass is 9.81. The Bertz CT molecular complexity index is 447. The Kier molecular flexibility index (Phi) is 5.42. The number of carbonyl (C=O) groups excluding carboxylic acids is 2. The first kappa shape index (κ1) is 17.2. The van der Waals surface area contributed by atoms with Gasteiger partial charge in [0.25, 0.3) is 0 Å². The standard InChI is InChI=1S/C16H26N2O3S/c1-16(2,3)21-15(20)18-9-7-17(8-10-18)14(22)11-13(19)12-5-4-6-12/h12H,4-11H2,1-3H3. The second kappa shape index (κ2) is 6.94. The molecule has 1 saturated carbocycles. The van der Waals surface area contributed by atoms with Crippen LogP contribution in [-0.2, 0) is 9.53 Å². The fraction of sp³-hybridized carbons (Fsp3) is 0.812. The number of ether oxygens (including phenoxy) is 1. The van der Waals surface area contributed by atoms with Crippen LogP contribution >= 0.6 is 12.2 Å². The minimum absolute atomic E-state index is 0.237. The molecule has 2 fully saturated rings. The lowest BCUT2D eigenvalue weighted by Gasteiger charge is -2.37. The van der Waals surface area contributed by atoms with Crippen LogP contribution in [0.15, 0.2) is 0 Å². The molecular formula is C16H26N2O3S. The summed E-state index contributed by atoms with van der Waals surface area (Å²) in [6.45, 7) is 8.12. The van der Waals surface area contributed by atoms with Crippen LogP contribution in [-0.4, -0.2) is 58.4 Å². The van der Waals surface area contributed by atoms with E-state index in [0.717, 1.165) is 24.3 Å². The second-order valence-electron chi connectivity index (χ2n) is 7.12. The smallest absolute Gasteiger partial charge is 0.410 e. The maximum Gasteiger partial charge on any atom is 0.410 e. The summed E-state index contributed by atoms with van der Waals surface area (Å²) in [4.78, 5) is 28.5. The van der Waals surface area contributed by atoms with Crippen LogP contribution in [0.25, 0.3) is 0 Å². The van der Waals surface area contributed by atoms with Gasteiger partial charge in [-0.3, -0.25) is 4.79 Å². The third-order valence-electron chi connectivity index (χ3n) is 4.17. The Hall–Kier alpha value is -1.17. The van der Waals surface area contributed by atoms with E-state index in [9.17, 15) is 9.59 Å². The van der Waals surface area contributed by atoms with E-state index in [-0.39, 0.29) is 17.8 Å². The van der Waals surface area contributed by atoms with Crippen LogP contribution in [0.2, 0.25) is 0 Å². The number of rotatable bonds is 3.